The van der Waals surface area contributed by atoms with Crippen LogP contribution in [0, 0.1) is 0 Å². The predicted octanol–water partition coefficient (Wildman–Crippen LogP) is 1.58. The van der Waals surface area contributed by atoms with Crippen molar-refractivity contribution in [2.24, 2.45) is 4.99 Å². The Hall–Kier alpha value is -1.06. The third-order valence-corrected chi connectivity index (χ3v) is 4.50. The minimum atomic E-state index is 0. The van der Waals surface area contributed by atoms with Gasteiger partial charge in [0.15, 0.2) is 5.96 Å². The van der Waals surface area contributed by atoms with E-state index in [0.29, 0.717) is 6.04 Å². The standard InChI is InChI=1S/C17H26N4O2.HI/c1-20-8-7-18-17(20)19-13-16(21-9-11-23-12-10-21)14-3-5-15(22-2)6-4-14;/h3-6,16H,7-13H2,1-2H3,(H,18,19);1H. The van der Waals surface area contributed by atoms with Crippen molar-refractivity contribution in [3.63, 3.8) is 0 Å². The quantitative estimate of drug-likeness (QED) is 0.697. The van der Waals surface area contributed by atoms with Gasteiger partial charge in [-0.25, -0.2) is 0 Å². The van der Waals surface area contributed by atoms with E-state index in [0.717, 1.165) is 57.6 Å². The highest BCUT2D eigenvalue weighted by Gasteiger charge is 2.24. The topological polar surface area (TPSA) is 49.3 Å². The first-order valence-electron chi connectivity index (χ1n) is 8.23. The summed E-state index contributed by atoms with van der Waals surface area (Å²) >= 11 is 0. The predicted molar refractivity (Wildman–Crippen MR) is 106 cm³/mol. The maximum absolute atomic E-state index is 5.50. The summed E-state index contributed by atoms with van der Waals surface area (Å²) in [7, 11) is 3.78. The molecule has 24 heavy (non-hydrogen) atoms. The number of hydrogen-bond acceptors (Lipinski definition) is 6. The van der Waals surface area contributed by atoms with Crippen molar-refractivity contribution < 1.29 is 9.47 Å². The van der Waals surface area contributed by atoms with E-state index in [1.807, 2.05) is 12.1 Å². The summed E-state index contributed by atoms with van der Waals surface area (Å²) in [5, 5.41) is 3.52. The van der Waals surface area contributed by atoms with Crippen LogP contribution in [0.15, 0.2) is 29.3 Å². The Morgan fingerprint density at radius 3 is 2.50 bits per heavy atom. The second-order valence-corrected chi connectivity index (χ2v) is 5.95. The first-order valence-corrected chi connectivity index (χ1v) is 8.23. The molecule has 1 atom stereocenters. The Bertz CT molecular complexity index is 532. The zero-order chi connectivity index (χ0) is 16.1. The first-order chi connectivity index (χ1) is 11.3. The monoisotopic (exact) mass is 446 g/mol. The van der Waals surface area contributed by atoms with Crippen molar-refractivity contribution in [3.8, 4) is 5.75 Å². The van der Waals surface area contributed by atoms with Crippen LogP contribution in [0.2, 0.25) is 0 Å². The maximum atomic E-state index is 5.50. The van der Waals surface area contributed by atoms with E-state index in [1.54, 1.807) is 7.11 Å². The molecule has 1 fully saturated rings. The van der Waals surface area contributed by atoms with Gasteiger partial charge in [0.1, 0.15) is 5.75 Å². The molecule has 1 unspecified atom stereocenters. The summed E-state index contributed by atoms with van der Waals surface area (Å²) in [4.78, 5) is 9.17. The third kappa shape index (κ3) is 4.73. The van der Waals surface area contributed by atoms with Gasteiger partial charge in [0, 0.05) is 33.2 Å². The van der Waals surface area contributed by atoms with Crippen molar-refractivity contribution in [2.45, 2.75) is 6.04 Å². The number of nitrogens with zero attached hydrogens (tertiary/aromatic N) is 3. The summed E-state index contributed by atoms with van der Waals surface area (Å²) in [5.41, 5.74) is 1.29. The molecule has 0 radical (unpaired) electrons. The lowest BCUT2D eigenvalue weighted by Gasteiger charge is -2.35. The molecule has 0 amide bonds. The summed E-state index contributed by atoms with van der Waals surface area (Å²) in [6.07, 6.45) is 0. The van der Waals surface area contributed by atoms with Gasteiger partial charge >= 0.3 is 0 Å². The Morgan fingerprint density at radius 2 is 1.92 bits per heavy atom. The largest absolute Gasteiger partial charge is 0.497 e. The second-order valence-electron chi connectivity index (χ2n) is 5.95. The van der Waals surface area contributed by atoms with E-state index in [1.165, 1.54) is 5.56 Å². The van der Waals surface area contributed by atoms with E-state index < -0.39 is 0 Å². The van der Waals surface area contributed by atoms with Crippen LogP contribution in [-0.2, 0) is 4.74 Å². The summed E-state index contributed by atoms with van der Waals surface area (Å²) in [6, 6.07) is 8.67. The number of morpholine rings is 1. The van der Waals surface area contributed by atoms with Crippen LogP contribution in [-0.4, -0.2) is 75.9 Å². The van der Waals surface area contributed by atoms with Crippen LogP contribution in [0.5, 0.6) is 5.75 Å². The van der Waals surface area contributed by atoms with Gasteiger partial charge in [-0.2, -0.15) is 0 Å². The summed E-state index contributed by atoms with van der Waals surface area (Å²) in [6.45, 7) is 6.23. The fraction of sp³-hybridized carbons (Fsp3) is 0.588. The Morgan fingerprint density at radius 1 is 1.21 bits per heavy atom. The number of guanidine groups is 1. The van der Waals surface area contributed by atoms with Crippen LogP contribution in [0.3, 0.4) is 0 Å². The highest BCUT2D eigenvalue weighted by Crippen LogP contribution is 2.23. The smallest absolute Gasteiger partial charge is 0.193 e. The zero-order valence-electron chi connectivity index (χ0n) is 14.4. The fourth-order valence-corrected chi connectivity index (χ4v) is 3.08. The molecule has 1 aromatic rings. The minimum absolute atomic E-state index is 0. The maximum Gasteiger partial charge on any atom is 0.193 e. The number of aliphatic imine (C=N–C) groups is 1. The lowest BCUT2D eigenvalue weighted by Crippen LogP contribution is -2.45. The van der Waals surface area contributed by atoms with E-state index in [9.17, 15) is 0 Å². The molecule has 3 rings (SSSR count). The second kappa shape index (κ2) is 9.43. The van der Waals surface area contributed by atoms with Gasteiger partial charge in [-0.3, -0.25) is 9.89 Å². The first kappa shape index (κ1) is 19.3. The molecule has 2 heterocycles. The third-order valence-electron chi connectivity index (χ3n) is 4.50. The van der Waals surface area contributed by atoms with Crippen molar-refractivity contribution in [1.29, 1.82) is 0 Å². The molecule has 7 heteroatoms. The van der Waals surface area contributed by atoms with Crippen LogP contribution in [0.25, 0.3) is 0 Å². The lowest BCUT2D eigenvalue weighted by molar-refractivity contribution is 0.0169. The summed E-state index contributed by atoms with van der Waals surface area (Å²) < 4.78 is 10.8. The van der Waals surface area contributed by atoms with Gasteiger partial charge in [-0.1, -0.05) is 12.1 Å². The normalized spacial score (nSPS) is 19.4. The molecule has 1 N–H and O–H groups in total. The average molecular weight is 446 g/mol. The Balaban J connectivity index is 0.00000208. The molecule has 0 saturated carbocycles. The van der Waals surface area contributed by atoms with Gasteiger partial charge in [0.25, 0.3) is 0 Å². The number of hydrogen-bond donors (Lipinski definition) is 1. The van der Waals surface area contributed by atoms with E-state index in [-0.39, 0.29) is 24.0 Å². The molecule has 0 bridgehead atoms. The number of likely N-dealkylation sites (N-methyl/N-ethyl adjacent to an activating group) is 1. The number of ether oxygens (including phenoxy) is 2. The molecule has 0 aliphatic carbocycles. The molecule has 6 nitrogen and oxygen atoms in total. The Labute approximate surface area is 161 Å². The Kier molecular flexibility index (Phi) is 7.57. The number of rotatable bonds is 5. The highest BCUT2D eigenvalue weighted by atomic mass is 127. The van der Waals surface area contributed by atoms with Gasteiger partial charge in [0.2, 0.25) is 0 Å². The lowest BCUT2D eigenvalue weighted by atomic mass is 10.0. The number of methoxy groups -OCH3 is 1. The molecule has 134 valence electrons. The number of nitrogens with one attached hydrogen (secondary N) is 1. The van der Waals surface area contributed by atoms with Crippen molar-refractivity contribution in [1.82, 2.24) is 15.1 Å². The molecule has 1 saturated heterocycles. The molecule has 0 aromatic heterocycles. The van der Waals surface area contributed by atoms with Gasteiger partial charge in [-0.05, 0) is 17.7 Å². The number of halogens is 1. The molecule has 2 aliphatic rings. The van der Waals surface area contributed by atoms with Crippen molar-refractivity contribution in [3.05, 3.63) is 29.8 Å². The summed E-state index contributed by atoms with van der Waals surface area (Å²) in [5.74, 6) is 1.89. The molecule has 1 aromatic carbocycles. The average Bonchev–Trinajstić information content (AvgIpc) is 3.02. The van der Waals surface area contributed by atoms with Gasteiger partial charge in [-0.15, -0.1) is 24.0 Å². The van der Waals surface area contributed by atoms with E-state index in [2.05, 4.69) is 39.3 Å². The van der Waals surface area contributed by atoms with Gasteiger partial charge in [0.05, 0.1) is 32.9 Å². The fourth-order valence-electron chi connectivity index (χ4n) is 3.08. The molecule has 0 spiro atoms. The highest BCUT2D eigenvalue weighted by molar-refractivity contribution is 14.0. The van der Waals surface area contributed by atoms with Crippen molar-refractivity contribution in [2.75, 3.05) is 60.1 Å². The molecular formula is C17H27IN4O2. The van der Waals surface area contributed by atoms with Crippen LogP contribution >= 0.6 is 24.0 Å². The van der Waals surface area contributed by atoms with Crippen molar-refractivity contribution >= 4 is 29.9 Å². The van der Waals surface area contributed by atoms with Crippen LogP contribution in [0.1, 0.15) is 11.6 Å². The molecular weight excluding hydrogens is 419 g/mol. The molecule has 2 aliphatic heterocycles. The van der Waals surface area contributed by atoms with Crippen LogP contribution in [0.4, 0.5) is 0 Å². The van der Waals surface area contributed by atoms with Gasteiger partial charge < -0.3 is 19.7 Å². The minimum Gasteiger partial charge on any atom is -0.497 e. The van der Waals surface area contributed by atoms with E-state index in [4.69, 9.17) is 9.47 Å². The number of benzene rings is 1. The van der Waals surface area contributed by atoms with Crippen LogP contribution < -0.4 is 10.1 Å². The zero-order valence-corrected chi connectivity index (χ0v) is 16.7. The van der Waals surface area contributed by atoms with E-state index >= 15 is 0 Å². The SMILES string of the molecule is COc1ccc(C(CNC2=NCCN2C)N2CCOCC2)cc1.I.